The van der Waals surface area contributed by atoms with Crippen LogP contribution in [0.1, 0.15) is 34.1 Å². The number of esters is 1. The number of halogens is 1. The summed E-state index contributed by atoms with van der Waals surface area (Å²) in [6, 6.07) is 0. The number of amides is 1. The van der Waals surface area contributed by atoms with E-state index in [1.807, 2.05) is 27.7 Å². The van der Waals surface area contributed by atoms with Crippen LogP contribution < -0.4 is 10.6 Å². The maximum atomic E-state index is 11.7. The highest BCUT2D eigenvalue weighted by molar-refractivity contribution is 14.0. The molecule has 0 aromatic rings. The van der Waals surface area contributed by atoms with Crippen LogP contribution in [0.3, 0.4) is 0 Å². The molecule has 0 heterocycles. The van der Waals surface area contributed by atoms with Crippen LogP contribution in [0.25, 0.3) is 0 Å². The van der Waals surface area contributed by atoms with Crippen LogP contribution in [0.4, 0.5) is 0 Å². The number of carbonyl (C=O) groups excluding carboxylic acids is 2. The third-order valence-electron chi connectivity index (χ3n) is 2.47. The van der Waals surface area contributed by atoms with Crippen LogP contribution in [0.2, 0.25) is 0 Å². The van der Waals surface area contributed by atoms with Crippen molar-refractivity contribution in [2.75, 3.05) is 33.7 Å². The van der Waals surface area contributed by atoms with Crippen molar-refractivity contribution in [3.05, 3.63) is 12.2 Å². The summed E-state index contributed by atoms with van der Waals surface area (Å²) in [7, 11) is 3.35. The SMILES string of the molecule is C=C(C)CNC(=NCC(=O)N(C)C)NCCC(=O)OC(C)(C)C.I. The third kappa shape index (κ3) is 14.3. The van der Waals surface area contributed by atoms with Gasteiger partial charge in [-0.15, -0.1) is 24.0 Å². The Morgan fingerprint density at radius 3 is 2.25 bits per heavy atom. The molecule has 0 saturated heterocycles. The molecule has 0 bridgehead atoms. The zero-order chi connectivity index (χ0) is 18.0. The number of nitrogens with zero attached hydrogens (tertiary/aromatic N) is 2. The normalized spacial score (nSPS) is 11.2. The van der Waals surface area contributed by atoms with Crippen LogP contribution in [0, 0.1) is 0 Å². The quantitative estimate of drug-likeness (QED) is 0.201. The van der Waals surface area contributed by atoms with E-state index in [0.717, 1.165) is 5.57 Å². The largest absolute Gasteiger partial charge is 0.460 e. The summed E-state index contributed by atoms with van der Waals surface area (Å²) in [6.45, 7) is 12.1. The second-order valence-corrected chi connectivity index (χ2v) is 6.53. The van der Waals surface area contributed by atoms with Gasteiger partial charge in [-0.05, 0) is 27.7 Å². The van der Waals surface area contributed by atoms with Gasteiger partial charge in [0, 0.05) is 27.2 Å². The number of ether oxygens (including phenoxy) is 1. The molecule has 0 saturated carbocycles. The standard InChI is InChI=1S/C16H30N4O3.HI/c1-12(2)10-18-15(19-11-13(21)20(6)7)17-9-8-14(22)23-16(3,4)5;/h1,8-11H2,2-7H3,(H2,17,18,19);1H. The summed E-state index contributed by atoms with van der Waals surface area (Å²) < 4.78 is 5.23. The van der Waals surface area contributed by atoms with E-state index in [1.54, 1.807) is 14.1 Å². The monoisotopic (exact) mass is 454 g/mol. The van der Waals surface area contributed by atoms with Crippen molar-refractivity contribution in [1.29, 1.82) is 0 Å². The minimum Gasteiger partial charge on any atom is -0.460 e. The molecule has 1 amide bonds. The topological polar surface area (TPSA) is 83.0 Å². The van der Waals surface area contributed by atoms with E-state index in [9.17, 15) is 9.59 Å². The maximum absolute atomic E-state index is 11.7. The van der Waals surface area contributed by atoms with E-state index < -0.39 is 5.60 Å². The lowest BCUT2D eigenvalue weighted by atomic mass is 10.2. The Kier molecular flexibility index (Phi) is 12.6. The number of hydrogen-bond donors (Lipinski definition) is 2. The predicted octanol–water partition coefficient (Wildman–Crippen LogP) is 1.54. The zero-order valence-corrected chi connectivity index (χ0v) is 17.9. The molecule has 140 valence electrons. The molecule has 0 spiro atoms. The van der Waals surface area contributed by atoms with Crippen molar-refractivity contribution in [3.8, 4) is 0 Å². The van der Waals surface area contributed by atoms with Crippen molar-refractivity contribution >= 4 is 41.8 Å². The van der Waals surface area contributed by atoms with Gasteiger partial charge in [-0.3, -0.25) is 9.59 Å². The molecular weight excluding hydrogens is 423 g/mol. The number of nitrogens with one attached hydrogen (secondary N) is 2. The Morgan fingerprint density at radius 1 is 1.21 bits per heavy atom. The first kappa shape index (κ1) is 24.9. The summed E-state index contributed by atoms with van der Waals surface area (Å²) in [6.07, 6.45) is 0.215. The third-order valence-corrected chi connectivity index (χ3v) is 2.47. The fourth-order valence-corrected chi connectivity index (χ4v) is 1.37. The number of carbonyl (C=O) groups is 2. The molecule has 0 unspecified atom stereocenters. The Hall–Kier alpha value is -1.32. The van der Waals surface area contributed by atoms with Gasteiger partial charge in [0.15, 0.2) is 5.96 Å². The number of rotatable bonds is 7. The van der Waals surface area contributed by atoms with Crippen LogP contribution in [0.5, 0.6) is 0 Å². The van der Waals surface area contributed by atoms with Crippen molar-refractivity contribution in [3.63, 3.8) is 0 Å². The zero-order valence-electron chi connectivity index (χ0n) is 15.6. The Balaban J connectivity index is 0. The molecule has 0 aliphatic carbocycles. The average Bonchev–Trinajstić information content (AvgIpc) is 2.38. The lowest BCUT2D eigenvalue weighted by Gasteiger charge is -2.19. The summed E-state index contributed by atoms with van der Waals surface area (Å²) in [4.78, 5) is 28.9. The van der Waals surface area contributed by atoms with Gasteiger partial charge in [-0.1, -0.05) is 12.2 Å². The second-order valence-electron chi connectivity index (χ2n) is 6.53. The lowest BCUT2D eigenvalue weighted by molar-refractivity contribution is -0.154. The molecule has 0 aliphatic rings. The van der Waals surface area contributed by atoms with Crippen molar-refractivity contribution in [2.24, 2.45) is 4.99 Å². The fourth-order valence-electron chi connectivity index (χ4n) is 1.37. The Morgan fingerprint density at radius 2 is 1.79 bits per heavy atom. The molecular formula is C16H31IN4O3. The van der Waals surface area contributed by atoms with Crippen molar-refractivity contribution < 1.29 is 14.3 Å². The maximum Gasteiger partial charge on any atom is 0.308 e. The van der Waals surface area contributed by atoms with E-state index in [4.69, 9.17) is 4.74 Å². The minimum absolute atomic E-state index is 0. The number of aliphatic imine (C=N–C) groups is 1. The lowest BCUT2D eigenvalue weighted by Crippen LogP contribution is -2.40. The van der Waals surface area contributed by atoms with Gasteiger partial charge in [0.25, 0.3) is 0 Å². The van der Waals surface area contributed by atoms with Gasteiger partial charge in [-0.25, -0.2) is 4.99 Å². The molecule has 0 rings (SSSR count). The smallest absolute Gasteiger partial charge is 0.308 e. The minimum atomic E-state index is -0.496. The van der Waals surface area contributed by atoms with E-state index in [2.05, 4.69) is 22.2 Å². The van der Waals surface area contributed by atoms with E-state index >= 15 is 0 Å². The van der Waals surface area contributed by atoms with E-state index in [0.29, 0.717) is 19.0 Å². The molecule has 24 heavy (non-hydrogen) atoms. The fraction of sp³-hybridized carbons (Fsp3) is 0.688. The summed E-state index contributed by atoms with van der Waals surface area (Å²) in [5, 5.41) is 6.06. The second kappa shape index (κ2) is 12.1. The van der Waals surface area contributed by atoms with Gasteiger partial charge in [0.05, 0.1) is 6.42 Å². The van der Waals surface area contributed by atoms with Crippen LogP contribution in [-0.4, -0.2) is 62.1 Å². The highest BCUT2D eigenvalue weighted by Crippen LogP contribution is 2.07. The van der Waals surface area contributed by atoms with Crippen molar-refractivity contribution in [1.82, 2.24) is 15.5 Å². The summed E-state index contributed by atoms with van der Waals surface area (Å²) in [5.74, 6) is 0.0777. The number of guanidine groups is 1. The molecule has 8 heteroatoms. The van der Waals surface area contributed by atoms with Crippen LogP contribution in [-0.2, 0) is 14.3 Å². The highest BCUT2D eigenvalue weighted by Gasteiger charge is 2.15. The van der Waals surface area contributed by atoms with E-state index in [1.165, 1.54) is 4.90 Å². The van der Waals surface area contributed by atoms with Crippen LogP contribution >= 0.6 is 24.0 Å². The summed E-state index contributed by atoms with van der Waals surface area (Å²) >= 11 is 0. The molecule has 0 aromatic carbocycles. The Bertz CT molecular complexity index is 457. The van der Waals surface area contributed by atoms with Gasteiger partial charge in [-0.2, -0.15) is 0 Å². The van der Waals surface area contributed by atoms with E-state index in [-0.39, 0.29) is 48.8 Å². The van der Waals surface area contributed by atoms with Crippen LogP contribution in [0.15, 0.2) is 17.1 Å². The molecule has 0 fully saturated rings. The first-order valence-electron chi connectivity index (χ1n) is 7.60. The van der Waals surface area contributed by atoms with Gasteiger partial charge in [0.1, 0.15) is 12.1 Å². The van der Waals surface area contributed by atoms with Gasteiger partial charge in [0.2, 0.25) is 5.91 Å². The predicted molar refractivity (Wildman–Crippen MR) is 108 cm³/mol. The molecule has 0 atom stereocenters. The Labute approximate surface area is 162 Å². The highest BCUT2D eigenvalue weighted by atomic mass is 127. The molecule has 0 aliphatic heterocycles. The molecule has 0 aromatic heterocycles. The first-order chi connectivity index (χ1) is 10.5. The van der Waals surface area contributed by atoms with Gasteiger partial charge >= 0.3 is 5.97 Å². The molecule has 7 nitrogen and oxygen atoms in total. The number of hydrogen-bond acceptors (Lipinski definition) is 4. The molecule has 0 radical (unpaired) electrons. The number of likely N-dealkylation sites (N-methyl/N-ethyl adjacent to an activating group) is 1. The van der Waals surface area contributed by atoms with Gasteiger partial charge < -0.3 is 20.3 Å². The average molecular weight is 454 g/mol. The first-order valence-corrected chi connectivity index (χ1v) is 7.60. The summed E-state index contributed by atoms with van der Waals surface area (Å²) in [5.41, 5.74) is 0.440. The van der Waals surface area contributed by atoms with Crippen molar-refractivity contribution in [2.45, 2.75) is 39.7 Å². The molecule has 2 N–H and O–H groups in total.